The van der Waals surface area contributed by atoms with Crippen molar-refractivity contribution in [1.82, 2.24) is 14.8 Å². The number of nitrogens with one attached hydrogen (secondary N) is 1. The van der Waals surface area contributed by atoms with E-state index in [9.17, 15) is 9.59 Å². The molecule has 1 heterocycles. The number of amides is 1. The molecular formula is C19H18N4O2S. The number of benzene rings is 2. The van der Waals surface area contributed by atoms with E-state index in [0.29, 0.717) is 22.8 Å². The van der Waals surface area contributed by atoms with E-state index in [1.165, 1.54) is 11.8 Å². The maximum Gasteiger partial charge on any atom is 0.224 e. The number of hydrogen-bond donors (Lipinski definition) is 1. The lowest BCUT2D eigenvalue weighted by atomic mass is 10.1. The highest BCUT2D eigenvalue weighted by Gasteiger charge is 2.10. The van der Waals surface area contributed by atoms with E-state index in [1.807, 2.05) is 30.3 Å². The van der Waals surface area contributed by atoms with E-state index < -0.39 is 0 Å². The topological polar surface area (TPSA) is 76.9 Å². The number of ketones is 1. The molecular weight excluding hydrogens is 348 g/mol. The predicted molar refractivity (Wildman–Crippen MR) is 102 cm³/mol. The maximum atomic E-state index is 12.3. The minimum Gasteiger partial charge on any atom is -0.326 e. The quantitative estimate of drug-likeness (QED) is 0.511. The van der Waals surface area contributed by atoms with Gasteiger partial charge in [-0.05, 0) is 36.4 Å². The molecule has 0 fully saturated rings. The van der Waals surface area contributed by atoms with Gasteiger partial charge in [0, 0.05) is 17.7 Å². The van der Waals surface area contributed by atoms with E-state index in [-0.39, 0.29) is 17.4 Å². The molecule has 2 aromatic carbocycles. The zero-order chi connectivity index (χ0) is 18.4. The number of rotatable bonds is 7. The molecule has 3 rings (SSSR count). The normalized spacial score (nSPS) is 10.5. The third-order valence-electron chi connectivity index (χ3n) is 3.64. The predicted octanol–water partition coefficient (Wildman–Crippen LogP) is 3.59. The Kier molecular flexibility index (Phi) is 5.80. The molecule has 0 spiro atoms. The number of carbonyl (C=O) groups is 2. The molecule has 0 bridgehead atoms. The molecule has 0 atom stereocenters. The van der Waals surface area contributed by atoms with Crippen molar-refractivity contribution >= 4 is 29.1 Å². The molecule has 0 saturated carbocycles. The van der Waals surface area contributed by atoms with Crippen LogP contribution in [-0.2, 0) is 4.79 Å². The Bertz CT molecular complexity index is 891. The number of hydrogen-bond acceptors (Lipinski definition) is 5. The smallest absolute Gasteiger partial charge is 0.224 e. The Balaban J connectivity index is 1.57. The van der Waals surface area contributed by atoms with E-state index in [2.05, 4.69) is 15.4 Å². The summed E-state index contributed by atoms with van der Waals surface area (Å²) in [5.41, 5.74) is 2.20. The minimum atomic E-state index is -0.0558. The van der Waals surface area contributed by atoms with Gasteiger partial charge in [-0.1, -0.05) is 36.9 Å². The summed E-state index contributed by atoms with van der Waals surface area (Å²) >= 11 is 1.29. The van der Waals surface area contributed by atoms with Crippen LogP contribution in [0.4, 0.5) is 5.69 Å². The summed E-state index contributed by atoms with van der Waals surface area (Å²) in [6.07, 6.45) is 2.05. The lowest BCUT2D eigenvalue weighted by Crippen LogP contribution is -2.09. The number of carbonyl (C=O) groups excluding carboxylic acids is 2. The van der Waals surface area contributed by atoms with Crippen LogP contribution in [-0.4, -0.2) is 32.2 Å². The highest BCUT2D eigenvalue weighted by atomic mass is 32.2. The fourth-order valence-electron chi connectivity index (χ4n) is 2.22. The first-order valence-electron chi connectivity index (χ1n) is 8.18. The number of nitrogens with zero attached hydrogens (tertiary/aromatic N) is 3. The van der Waals surface area contributed by atoms with Crippen molar-refractivity contribution in [3.8, 4) is 5.69 Å². The van der Waals surface area contributed by atoms with Gasteiger partial charge >= 0.3 is 0 Å². The van der Waals surface area contributed by atoms with Crippen LogP contribution in [0.15, 0.2) is 66.1 Å². The Hall–Kier alpha value is -2.93. The summed E-state index contributed by atoms with van der Waals surface area (Å²) in [4.78, 5) is 27.9. The van der Waals surface area contributed by atoms with Crippen LogP contribution in [0.3, 0.4) is 0 Å². The Morgan fingerprint density at radius 1 is 1.08 bits per heavy atom. The van der Waals surface area contributed by atoms with Gasteiger partial charge in [0.1, 0.15) is 6.33 Å². The first-order valence-corrected chi connectivity index (χ1v) is 9.17. The maximum absolute atomic E-state index is 12.3. The highest BCUT2D eigenvalue weighted by molar-refractivity contribution is 7.99. The van der Waals surface area contributed by atoms with Crippen LogP contribution in [0.5, 0.6) is 0 Å². The van der Waals surface area contributed by atoms with Crippen LogP contribution in [0.1, 0.15) is 23.7 Å². The summed E-state index contributed by atoms with van der Waals surface area (Å²) in [5, 5.41) is 7.68. The monoisotopic (exact) mass is 366 g/mol. The van der Waals surface area contributed by atoms with Crippen LogP contribution < -0.4 is 5.32 Å². The molecule has 0 aliphatic carbocycles. The lowest BCUT2D eigenvalue weighted by Gasteiger charge is -2.04. The number of anilines is 1. The molecule has 0 aliphatic rings. The fourth-order valence-corrected chi connectivity index (χ4v) is 2.92. The Labute approximate surface area is 155 Å². The molecule has 0 saturated heterocycles. The second-order valence-corrected chi connectivity index (χ2v) is 6.44. The van der Waals surface area contributed by atoms with Gasteiger partial charge in [0.2, 0.25) is 11.1 Å². The van der Waals surface area contributed by atoms with Crippen LogP contribution >= 0.6 is 11.8 Å². The van der Waals surface area contributed by atoms with Gasteiger partial charge in [-0.3, -0.25) is 9.59 Å². The zero-order valence-corrected chi connectivity index (χ0v) is 15.1. The van der Waals surface area contributed by atoms with Gasteiger partial charge < -0.3 is 5.32 Å². The van der Waals surface area contributed by atoms with Crippen molar-refractivity contribution in [3.63, 3.8) is 0 Å². The number of thioether (sulfide) groups is 1. The molecule has 1 amide bonds. The molecule has 7 heteroatoms. The lowest BCUT2D eigenvalue weighted by molar-refractivity contribution is -0.115. The molecule has 26 heavy (non-hydrogen) atoms. The van der Waals surface area contributed by atoms with Gasteiger partial charge in [-0.15, -0.1) is 5.10 Å². The van der Waals surface area contributed by atoms with Crippen molar-refractivity contribution in [3.05, 3.63) is 66.5 Å². The van der Waals surface area contributed by atoms with Gasteiger partial charge in [0.15, 0.2) is 5.78 Å². The van der Waals surface area contributed by atoms with Crippen molar-refractivity contribution in [2.75, 3.05) is 11.1 Å². The van der Waals surface area contributed by atoms with Gasteiger partial charge in [-0.2, -0.15) is 0 Å². The van der Waals surface area contributed by atoms with Crippen LogP contribution in [0.25, 0.3) is 5.69 Å². The third-order valence-corrected chi connectivity index (χ3v) is 4.49. The molecule has 0 radical (unpaired) electrons. The summed E-state index contributed by atoms with van der Waals surface area (Å²) in [5.74, 6) is 0.179. The zero-order valence-electron chi connectivity index (χ0n) is 14.3. The summed E-state index contributed by atoms with van der Waals surface area (Å²) < 4.78 is 1.68. The summed E-state index contributed by atoms with van der Waals surface area (Å²) in [6, 6.07) is 16.6. The molecule has 6 nitrogen and oxygen atoms in total. The number of aromatic nitrogens is 3. The molecule has 1 N–H and O–H groups in total. The molecule has 0 unspecified atom stereocenters. The van der Waals surface area contributed by atoms with Crippen LogP contribution in [0, 0.1) is 0 Å². The summed E-state index contributed by atoms with van der Waals surface area (Å²) in [7, 11) is 0. The average Bonchev–Trinajstić information content (AvgIpc) is 3.16. The van der Waals surface area contributed by atoms with Gasteiger partial charge in [0.25, 0.3) is 0 Å². The van der Waals surface area contributed by atoms with E-state index in [0.717, 1.165) is 5.69 Å². The average molecular weight is 366 g/mol. The van der Waals surface area contributed by atoms with E-state index >= 15 is 0 Å². The largest absolute Gasteiger partial charge is 0.326 e. The minimum absolute atomic E-state index is 0.0144. The SMILES string of the molecule is CCC(=O)Nc1ccc(C(=O)CSc2ncn(-c3ccccc3)n2)cc1. The van der Waals surface area contributed by atoms with Crippen LogP contribution in [0.2, 0.25) is 0 Å². The summed E-state index contributed by atoms with van der Waals surface area (Å²) in [6.45, 7) is 1.79. The van der Waals surface area contributed by atoms with E-state index in [4.69, 9.17) is 0 Å². The third kappa shape index (κ3) is 4.58. The second-order valence-electron chi connectivity index (χ2n) is 5.50. The number of para-hydroxylation sites is 1. The molecule has 132 valence electrons. The first kappa shape index (κ1) is 17.9. The van der Waals surface area contributed by atoms with Crippen molar-refractivity contribution in [2.45, 2.75) is 18.5 Å². The molecule has 0 aliphatic heterocycles. The number of Topliss-reactive ketones (excluding diaryl/α,β-unsaturated/α-hetero) is 1. The standard InChI is InChI=1S/C19H18N4O2S/c1-2-18(25)21-15-10-8-14(9-11-15)17(24)12-26-19-20-13-23(22-19)16-6-4-3-5-7-16/h3-11,13H,2,12H2,1H3,(H,21,25). The second kappa shape index (κ2) is 8.44. The molecule has 1 aromatic heterocycles. The fraction of sp³-hybridized carbons (Fsp3) is 0.158. The van der Waals surface area contributed by atoms with Gasteiger partial charge in [0.05, 0.1) is 11.4 Å². The van der Waals surface area contributed by atoms with Crippen molar-refractivity contribution in [2.24, 2.45) is 0 Å². The van der Waals surface area contributed by atoms with E-state index in [1.54, 1.807) is 42.2 Å². The van der Waals surface area contributed by atoms with Gasteiger partial charge in [-0.25, -0.2) is 9.67 Å². The Morgan fingerprint density at radius 3 is 2.50 bits per heavy atom. The molecule has 3 aromatic rings. The van der Waals surface area contributed by atoms with Crippen molar-refractivity contribution < 1.29 is 9.59 Å². The highest BCUT2D eigenvalue weighted by Crippen LogP contribution is 2.17. The Morgan fingerprint density at radius 2 is 1.81 bits per heavy atom. The first-order chi connectivity index (χ1) is 12.7. The van der Waals surface area contributed by atoms with Crippen molar-refractivity contribution in [1.29, 1.82) is 0 Å².